The third-order valence-electron chi connectivity index (χ3n) is 5.49. The normalized spacial score (nSPS) is 16.6. The average Bonchev–Trinajstić information content (AvgIpc) is 2.65. The fraction of sp³-hybridized carbons (Fsp3) is 0.905. The molecule has 1 rings (SSSR count). The van der Waals surface area contributed by atoms with Crippen LogP contribution in [0, 0.1) is 5.92 Å². The number of carbonyl (C=O) groups excluding carboxylic acids is 1. The SMILES string of the molecule is CCC(CC)(CNC(=NC)N(C)CCC1CCOCC1)NC(=O)OC(C)(C)C. The van der Waals surface area contributed by atoms with Crippen LogP contribution in [0.4, 0.5) is 4.79 Å². The molecule has 1 saturated heterocycles. The summed E-state index contributed by atoms with van der Waals surface area (Å²) in [6.45, 7) is 13.1. The van der Waals surface area contributed by atoms with E-state index in [0.29, 0.717) is 6.54 Å². The van der Waals surface area contributed by atoms with E-state index in [0.717, 1.165) is 63.7 Å². The molecule has 0 spiro atoms. The molecule has 0 bridgehead atoms. The van der Waals surface area contributed by atoms with Crippen LogP contribution in [0.2, 0.25) is 0 Å². The second kappa shape index (κ2) is 11.5. The third kappa shape index (κ3) is 8.67. The topological polar surface area (TPSA) is 75.2 Å². The van der Waals surface area contributed by atoms with Crippen molar-refractivity contribution in [1.82, 2.24) is 15.5 Å². The molecule has 0 aromatic rings. The molecule has 1 heterocycles. The Morgan fingerprint density at radius 2 is 1.82 bits per heavy atom. The van der Waals surface area contributed by atoms with Gasteiger partial charge in [-0.1, -0.05) is 13.8 Å². The summed E-state index contributed by atoms with van der Waals surface area (Å²) in [5, 5.41) is 6.53. The Morgan fingerprint density at radius 3 is 2.32 bits per heavy atom. The van der Waals surface area contributed by atoms with Crippen LogP contribution in [0.15, 0.2) is 4.99 Å². The number of hydrogen-bond acceptors (Lipinski definition) is 4. The van der Waals surface area contributed by atoms with Crippen LogP contribution >= 0.6 is 0 Å². The number of guanidine groups is 1. The van der Waals surface area contributed by atoms with Gasteiger partial charge in [0.2, 0.25) is 0 Å². The number of nitrogens with zero attached hydrogens (tertiary/aromatic N) is 2. The molecule has 0 atom stereocenters. The standard InChI is InChI=1S/C21H42N4O3/c1-8-21(9-2,24-19(26)28-20(3,4)5)16-23-18(22-6)25(7)13-10-17-11-14-27-15-12-17/h17H,8-16H2,1-7H3,(H,22,23)(H,24,26). The molecule has 0 saturated carbocycles. The van der Waals surface area contributed by atoms with Crippen LogP contribution in [-0.4, -0.2) is 68.5 Å². The van der Waals surface area contributed by atoms with Crippen molar-refractivity contribution in [2.45, 2.75) is 77.9 Å². The summed E-state index contributed by atoms with van der Waals surface area (Å²) in [6, 6.07) is 0. The highest BCUT2D eigenvalue weighted by Crippen LogP contribution is 2.19. The lowest BCUT2D eigenvalue weighted by Gasteiger charge is -2.35. The minimum atomic E-state index is -0.509. The van der Waals surface area contributed by atoms with Crippen molar-refractivity contribution in [3.05, 3.63) is 0 Å². The zero-order valence-corrected chi connectivity index (χ0v) is 19.1. The van der Waals surface area contributed by atoms with Crippen molar-refractivity contribution in [2.24, 2.45) is 10.9 Å². The fourth-order valence-corrected chi connectivity index (χ4v) is 3.39. The Labute approximate surface area is 171 Å². The Hall–Kier alpha value is -1.50. The Bertz CT molecular complexity index is 492. The number of aliphatic imine (C=N–C) groups is 1. The van der Waals surface area contributed by atoms with Gasteiger partial charge < -0.3 is 25.0 Å². The molecule has 0 aromatic heterocycles. The van der Waals surface area contributed by atoms with Gasteiger partial charge in [-0.15, -0.1) is 0 Å². The van der Waals surface area contributed by atoms with Crippen molar-refractivity contribution in [1.29, 1.82) is 0 Å². The number of ether oxygens (including phenoxy) is 2. The first-order chi connectivity index (χ1) is 13.1. The summed E-state index contributed by atoms with van der Waals surface area (Å²) in [4.78, 5) is 18.9. The molecule has 2 N–H and O–H groups in total. The molecule has 164 valence electrons. The van der Waals surface area contributed by atoms with Gasteiger partial charge in [-0.2, -0.15) is 0 Å². The van der Waals surface area contributed by atoms with E-state index in [1.807, 2.05) is 20.8 Å². The van der Waals surface area contributed by atoms with E-state index in [1.54, 1.807) is 7.05 Å². The van der Waals surface area contributed by atoms with Gasteiger partial charge >= 0.3 is 6.09 Å². The number of nitrogens with one attached hydrogen (secondary N) is 2. The van der Waals surface area contributed by atoms with Gasteiger partial charge in [-0.05, 0) is 58.8 Å². The van der Waals surface area contributed by atoms with Gasteiger partial charge in [0.15, 0.2) is 5.96 Å². The minimum Gasteiger partial charge on any atom is -0.444 e. The van der Waals surface area contributed by atoms with Crippen LogP contribution in [0.5, 0.6) is 0 Å². The molecule has 1 amide bonds. The van der Waals surface area contributed by atoms with Gasteiger partial charge in [0.1, 0.15) is 5.60 Å². The lowest BCUT2D eigenvalue weighted by Crippen LogP contribution is -2.57. The van der Waals surface area contributed by atoms with Gasteiger partial charge in [0, 0.05) is 40.4 Å². The quantitative estimate of drug-likeness (QED) is 0.484. The molecule has 7 heteroatoms. The lowest BCUT2D eigenvalue weighted by molar-refractivity contribution is 0.0448. The Morgan fingerprint density at radius 1 is 1.21 bits per heavy atom. The Kier molecular flexibility index (Phi) is 10.1. The summed E-state index contributed by atoms with van der Waals surface area (Å²) in [7, 11) is 3.86. The van der Waals surface area contributed by atoms with Crippen molar-refractivity contribution >= 4 is 12.1 Å². The third-order valence-corrected chi connectivity index (χ3v) is 5.49. The molecule has 1 aliphatic rings. The number of hydrogen-bond donors (Lipinski definition) is 2. The summed E-state index contributed by atoms with van der Waals surface area (Å²) >= 11 is 0. The van der Waals surface area contributed by atoms with Crippen molar-refractivity contribution < 1.29 is 14.3 Å². The predicted molar refractivity (Wildman–Crippen MR) is 115 cm³/mol. The summed E-state index contributed by atoms with van der Waals surface area (Å²) in [5.74, 6) is 1.58. The molecule has 0 aromatic carbocycles. The molecule has 0 unspecified atom stereocenters. The van der Waals surface area contributed by atoms with E-state index in [9.17, 15) is 4.79 Å². The van der Waals surface area contributed by atoms with E-state index in [4.69, 9.17) is 9.47 Å². The van der Waals surface area contributed by atoms with E-state index in [-0.39, 0.29) is 11.6 Å². The molecular weight excluding hydrogens is 356 g/mol. The maximum atomic E-state index is 12.3. The molecule has 7 nitrogen and oxygen atoms in total. The number of rotatable bonds is 8. The van der Waals surface area contributed by atoms with Crippen molar-refractivity contribution in [3.63, 3.8) is 0 Å². The van der Waals surface area contributed by atoms with Crippen molar-refractivity contribution in [2.75, 3.05) is 40.4 Å². The maximum absolute atomic E-state index is 12.3. The van der Waals surface area contributed by atoms with Gasteiger partial charge in [0.25, 0.3) is 0 Å². The van der Waals surface area contributed by atoms with Crippen LogP contribution in [0.1, 0.15) is 66.7 Å². The van der Waals surface area contributed by atoms with Gasteiger partial charge in [-0.25, -0.2) is 4.79 Å². The van der Waals surface area contributed by atoms with Crippen LogP contribution in [0.3, 0.4) is 0 Å². The molecular formula is C21H42N4O3. The smallest absolute Gasteiger partial charge is 0.408 e. The van der Waals surface area contributed by atoms with Crippen LogP contribution in [-0.2, 0) is 9.47 Å². The first kappa shape index (κ1) is 24.5. The van der Waals surface area contributed by atoms with Crippen LogP contribution < -0.4 is 10.6 Å². The first-order valence-corrected chi connectivity index (χ1v) is 10.7. The summed E-state index contributed by atoms with van der Waals surface area (Å²) < 4.78 is 10.9. The number of carbonyl (C=O) groups is 1. The zero-order chi connectivity index (χ0) is 21.2. The Balaban J connectivity index is 2.59. The van der Waals surface area contributed by atoms with E-state index >= 15 is 0 Å². The maximum Gasteiger partial charge on any atom is 0.408 e. The van der Waals surface area contributed by atoms with Gasteiger partial charge in [0.05, 0.1) is 5.54 Å². The van der Waals surface area contributed by atoms with E-state index < -0.39 is 5.60 Å². The highest BCUT2D eigenvalue weighted by atomic mass is 16.6. The molecule has 1 fully saturated rings. The molecule has 28 heavy (non-hydrogen) atoms. The first-order valence-electron chi connectivity index (χ1n) is 10.7. The lowest BCUT2D eigenvalue weighted by atomic mass is 9.93. The second-order valence-corrected chi connectivity index (χ2v) is 8.78. The van der Waals surface area contributed by atoms with Crippen molar-refractivity contribution in [3.8, 4) is 0 Å². The zero-order valence-electron chi connectivity index (χ0n) is 19.1. The molecule has 0 aliphatic carbocycles. The summed E-state index contributed by atoms with van der Waals surface area (Å²) in [6.07, 6.45) is 4.67. The molecule has 1 aliphatic heterocycles. The highest BCUT2D eigenvalue weighted by molar-refractivity contribution is 5.79. The number of amides is 1. The van der Waals surface area contributed by atoms with Crippen LogP contribution in [0.25, 0.3) is 0 Å². The van der Waals surface area contributed by atoms with Gasteiger partial charge in [-0.3, -0.25) is 4.99 Å². The number of alkyl carbamates (subject to hydrolysis) is 1. The largest absolute Gasteiger partial charge is 0.444 e. The fourth-order valence-electron chi connectivity index (χ4n) is 3.39. The monoisotopic (exact) mass is 398 g/mol. The highest BCUT2D eigenvalue weighted by Gasteiger charge is 2.31. The van der Waals surface area contributed by atoms with E-state index in [2.05, 4.69) is 41.4 Å². The second-order valence-electron chi connectivity index (χ2n) is 8.78. The van der Waals surface area contributed by atoms with E-state index in [1.165, 1.54) is 0 Å². The molecule has 0 radical (unpaired) electrons. The predicted octanol–water partition coefficient (Wildman–Crippen LogP) is 3.39. The minimum absolute atomic E-state index is 0.374. The average molecular weight is 399 g/mol. The summed E-state index contributed by atoms with van der Waals surface area (Å²) in [5.41, 5.74) is -0.884.